The molecule has 4 heterocycles. The Bertz CT molecular complexity index is 1190. The van der Waals surface area contributed by atoms with Crippen molar-refractivity contribution in [2.75, 3.05) is 39.8 Å². The summed E-state index contributed by atoms with van der Waals surface area (Å²) in [5.41, 5.74) is 1.88. The molecule has 1 amide bonds. The molecule has 2 fully saturated rings. The third-order valence-electron chi connectivity index (χ3n) is 7.95. The van der Waals surface area contributed by atoms with Gasteiger partial charge in [-0.2, -0.15) is 0 Å². The van der Waals surface area contributed by atoms with Crippen molar-refractivity contribution in [1.29, 1.82) is 0 Å². The van der Waals surface area contributed by atoms with E-state index in [1.165, 1.54) is 6.07 Å². The maximum atomic E-state index is 14.7. The summed E-state index contributed by atoms with van der Waals surface area (Å²) in [5, 5.41) is 10.5. The zero-order valence-corrected chi connectivity index (χ0v) is 20.3. The van der Waals surface area contributed by atoms with E-state index in [1.54, 1.807) is 28.8 Å². The van der Waals surface area contributed by atoms with Crippen LogP contribution < -0.4 is 5.56 Å². The Morgan fingerprint density at radius 2 is 1.89 bits per heavy atom. The lowest BCUT2D eigenvalue weighted by Gasteiger charge is -2.38. The highest BCUT2D eigenvalue weighted by molar-refractivity contribution is 5.83. The molecule has 1 aromatic heterocycles. The number of nitrogens with zero attached hydrogens (tertiary/aromatic N) is 4. The fourth-order valence-electron chi connectivity index (χ4n) is 6.13. The predicted octanol–water partition coefficient (Wildman–Crippen LogP) is 1.96. The van der Waals surface area contributed by atoms with E-state index in [1.807, 2.05) is 42.0 Å². The smallest absolute Gasteiger partial charge is 0.258 e. The number of allylic oxidation sites excluding steroid dienone is 1. The van der Waals surface area contributed by atoms with Gasteiger partial charge >= 0.3 is 0 Å². The van der Waals surface area contributed by atoms with Gasteiger partial charge in [0.2, 0.25) is 5.91 Å². The number of hydrogen-bond acceptors (Lipinski definition) is 5. The molecule has 7 nitrogen and oxygen atoms in total. The fourth-order valence-corrected chi connectivity index (χ4v) is 6.13. The number of benzene rings is 1. The van der Waals surface area contributed by atoms with Crippen LogP contribution in [0, 0.1) is 17.7 Å². The molecule has 5 rings (SSSR count). The summed E-state index contributed by atoms with van der Waals surface area (Å²) >= 11 is 0. The lowest BCUT2D eigenvalue weighted by atomic mass is 9.88. The Kier molecular flexibility index (Phi) is 6.61. The number of carbonyl (C=O) groups excluding carboxylic acids is 1. The maximum Gasteiger partial charge on any atom is 0.258 e. The molecule has 0 unspecified atom stereocenters. The number of likely N-dealkylation sites (N-methyl/N-ethyl adjacent to an activating group) is 1. The SMILES string of the molecule is C/C=C/c1ccc2n(c1=O)C[C@@H]1[C@@H](CO)[C@H](C(=O)N3CCN(C)CC3)N(Cc3ccccc3F)[C@H]21. The van der Waals surface area contributed by atoms with Crippen LogP contribution in [0.15, 0.2) is 47.3 Å². The number of carbonyl (C=O) groups is 1. The lowest BCUT2D eigenvalue weighted by molar-refractivity contribution is -0.140. The second kappa shape index (κ2) is 9.68. The van der Waals surface area contributed by atoms with E-state index in [-0.39, 0.29) is 48.3 Å². The number of hydrogen-bond donors (Lipinski definition) is 1. The van der Waals surface area contributed by atoms with Gasteiger partial charge in [0.1, 0.15) is 5.82 Å². The summed E-state index contributed by atoms with van der Waals surface area (Å²) in [4.78, 5) is 33.2. The zero-order valence-electron chi connectivity index (χ0n) is 20.3. The minimum absolute atomic E-state index is 0.0117. The van der Waals surface area contributed by atoms with Gasteiger partial charge < -0.3 is 19.5 Å². The van der Waals surface area contributed by atoms with Crippen molar-refractivity contribution >= 4 is 12.0 Å². The van der Waals surface area contributed by atoms with Gasteiger partial charge in [0.15, 0.2) is 0 Å². The number of amides is 1. The first-order chi connectivity index (χ1) is 16.9. The molecule has 1 N–H and O–H groups in total. The van der Waals surface area contributed by atoms with Crippen LogP contribution in [0.25, 0.3) is 6.08 Å². The molecule has 2 aromatic rings. The normalized spacial score (nSPS) is 26.9. The van der Waals surface area contributed by atoms with Gasteiger partial charge in [-0.1, -0.05) is 30.4 Å². The Morgan fingerprint density at radius 3 is 2.57 bits per heavy atom. The van der Waals surface area contributed by atoms with E-state index in [2.05, 4.69) is 4.90 Å². The first-order valence-electron chi connectivity index (χ1n) is 12.4. The van der Waals surface area contributed by atoms with E-state index >= 15 is 0 Å². The van der Waals surface area contributed by atoms with Crippen molar-refractivity contribution < 1.29 is 14.3 Å². The quantitative estimate of drug-likeness (QED) is 0.709. The molecule has 186 valence electrons. The van der Waals surface area contributed by atoms with Crippen LogP contribution in [0.3, 0.4) is 0 Å². The number of likely N-dealkylation sites (tertiary alicyclic amines) is 1. The maximum absolute atomic E-state index is 14.7. The number of aromatic nitrogens is 1. The highest BCUT2D eigenvalue weighted by atomic mass is 19.1. The second-order valence-electron chi connectivity index (χ2n) is 9.92. The third-order valence-corrected chi connectivity index (χ3v) is 7.95. The fraction of sp³-hybridized carbons (Fsp3) is 0.481. The van der Waals surface area contributed by atoms with E-state index in [0.29, 0.717) is 30.8 Å². The molecular formula is C27H33FN4O3. The molecule has 8 heteroatoms. The van der Waals surface area contributed by atoms with Gasteiger partial charge in [-0.25, -0.2) is 4.39 Å². The summed E-state index contributed by atoms with van der Waals surface area (Å²) < 4.78 is 16.5. The highest BCUT2D eigenvalue weighted by Crippen LogP contribution is 2.50. The number of pyridine rings is 1. The second-order valence-corrected chi connectivity index (χ2v) is 9.92. The Hall–Kier alpha value is -2.81. The molecule has 0 saturated carbocycles. The van der Waals surface area contributed by atoms with Crippen LogP contribution >= 0.6 is 0 Å². The van der Waals surface area contributed by atoms with Crippen LogP contribution in [-0.2, 0) is 17.9 Å². The number of halogens is 1. The van der Waals surface area contributed by atoms with Crippen molar-refractivity contribution in [2.24, 2.45) is 11.8 Å². The third kappa shape index (κ3) is 4.13. The largest absolute Gasteiger partial charge is 0.396 e. The summed E-state index contributed by atoms with van der Waals surface area (Å²) in [6.45, 7) is 5.26. The van der Waals surface area contributed by atoms with Gasteiger partial charge in [0.25, 0.3) is 5.56 Å². The zero-order chi connectivity index (χ0) is 24.7. The highest BCUT2D eigenvalue weighted by Gasteiger charge is 2.56. The Labute approximate surface area is 205 Å². The topological polar surface area (TPSA) is 69.0 Å². The van der Waals surface area contributed by atoms with Crippen molar-refractivity contribution in [3.05, 3.63) is 75.5 Å². The average molecular weight is 481 g/mol. The number of fused-ring (bicyclic) bond motifs is 3. The molecule has 0 bridgehead atoms. The van der Waals surface area contributed by atoms with Crippen LogP contribution in [0.2, 0.25) is 0 Å². The summed E-state index contributed by atoms with van der Waals surface area (Å²) in [6.07, 6.45) is 3.63. The average Bonchev–Trinajstić information content (AvgIpc) is 3.38. The van der Waals surface area contributed by atoms with Gasteiger partial charge in [-0.05, 0) is 32.2 Å². The van der Waals surface area contributed by atoms with E-state index in [9.17, 15) is 19.1 Å². The predicted molar refractivity (Wildman–Crippen MR) is 132 cm³/mol. The van der Waals surface area contributed by atoms with E-state index in [0.717, 1.165) is 18.8 Å². The molecule has 2 saturated heterocycles. The van der Waals surface area contributed by atoms with Crippen LogP contribution in [-0.4, -0.2) is 76.2 Å². The molecule has 4 atom stereocenters. The Morgan fingerprint density at radius 1 is 1.14 bits per heavy atom. The van der Waals surface area contributed by atoms with E-state index < -0.39 is 6.04 Å². The first-order valence-corrected chi connectivity index (χ1v) is 12.4. The van der Waals surface area contributed by atoms with Crippen LogP contribution in [0.1, 0.15) is 29.8 Å². The van der Waals surface area contributed by atoms with Crippen LogP contribution in [0.5, 0.6) is 0 Å². The molecule has 3 aliphatic heterocycles. The number of rotatable bonds is 5. The number of aliphatic hydroxyl groups excluding tert-OH is 1. The monoisotopic (exact) mass is 480 g/mol. The molecule has 1 aromatic carbocycles. The lowest BCUT2D eigenvalue weighted by Crippen LogP contribution is -2.55. The van der Waals surface area contributed by atoms with Crippen LogP contribution in [0.4, 0.5) is 4.39 Å². The molecule has 35 heavy (non-hydrogen) atoms. The van der Waals surface area contributed by atoms with Crippen molar-refractivity contribution in [3.8, 4) is 0 Å². The first kappa shape index (κ1) is 23.9. The van der Waals surface area contributed by atoms with Gasteiger partial charge in [0, 0.05) is 74.5 Å². The number of aliphatic hydroxyl groups is 1. The molecule has 3 aliphatic rings. The summed E-state index contributed by atoms with van der Waals surface area (Å²) in [7, 11) is 2.04. The van der Waals surface area contributed by atoms with Crippen molar-refractivity contribution in [3.63, 3.8) is 0 Å². The van der Waals surface area contributed by atoms with Gasteiger partial charge in [-0.15, -0.1) is 0 Å². The summed E-state index contributed by atoms with van der Waals surface area (Å²) in [6, 6.07) is 9.57. The molecule has 0 spiro atoms. The Balaban J connectivity index is 1.57. The number of piperazine rings is 1. The molecule has 0 radical (unpaired) electrons. The standard InChI is InChI=1S/C27H33FN4O3/c1-3-6-18-9-10-23-24-20(16-31(23)26(18)34)21(17-33)25(27(35)30-13-11-29(2)12-14-30)32(24)15-19-7-4-5-8-22(19)28/h3-10,20-21,24-25,33H,11-17H2,1-2H3/b6-3+/t20-,21-,24+,25-/m1/s1. The van der Waals surface area contributed by atoms with Crippen molar-refractivity contribution in [2.45, 2.75) is 32.1 Å². The summed E-state index contributed by atoms with van der Waals surface area (Å²) in [5.74, 6) is -0.784. The molecular weight excluding hydrogens is 447 g/mol. The van der Waals surface area contributed by atoms with Crippen molar-refractivity contribution in [1.82, 2.24) is 19.3 Å². The minimum Gasteiger partial charge on any atom is -0.396 e. The van der Waals surface area contributed by atoms with E-state index in [4.69, 9.17) is 0 Å². The van der Waals surface area contributed by atoms with Gasteiger partial charge in [0.05, 0.1) is 12.1 Å². The minimum atomic E-state index is -0.572. The molecule has 0 aliphatic carbocycles. The van der Waals surface area contributed by atoms with Gasteiger partial charge in [-0.3, -0.25) is 14.5 Å².